The highest BCUT2D eigenvalue weighted by atomic mass is 19.4. The highest BCUT2D eigenvalue weighted by Gasteiger charge is 2.45. The Bertz CT molecular complexity index is 1540. The number of rotatable bonds is 4. The Hall–Kier alpha value is -4.26. The van der Waals surface area contributed by atoms with Crippen LogP contribution in [0.4, 0.5) is 81.6 Å². The van der Waals surface area contributed by atoms with Crippen molar-refractivity contribution in [3.05, 3.63) is 69.5 Å². The normalized spacial score (nSPS) is 12.6. The topological polar surface area (TPSA) is 70.5 Å². The lowest BCUT2D eigenvalue weighted by molar-refractivity contribution is -0.143. The van der Waals surface area contributed by atoms with Gasteiger partial charge in [-0.15, -0.1) is 0 Å². The number of alkyl halides is 9. The van der Waals surface area contributed by atoms with Gasteiger partial charge in [0.15, 0.2) is 34.9 Å². The molecule has 4 nitrogen and oxygen atoms in total. The molecule has 0 bridgehead atoms. The van der Waals surface area contributed by atoms with Crippen LogP contribution in [0.25, 0.3) is 0 Å². The summed E-state index contributed by atoms with van der Waals surface area (Å²) in [5.74, 6) is -27.6. The van der Waals surface area contributed by atoms with Gasteiger partial charge in [0.05, 0.1) is 0 Å². The largest absolute Gasteiger partial charge is 0.451 e. The maximum atomic E-state index is 14.5. The molecule has 0 saturated carbocycles. The van der Waals surface area contributed by atoms with E-state index in [1.807, 2.05) is 0 Å². The van der Waals surface area contributed by atoms with Crippen molar-refractivity contribution in [1.82, 2.24) is 0 Å². The van der Waals surface area contributed by atoms with E-state index in [-0.39, 0.29) is 6.07 Å². The van der Waals surface area contributed by atoms with E-state index in [4.69, 9.17) is 11.5 Å². The van der Waals surface area contributed by atoms with Crippen LogP contribution in [-0.4, -0.2) is 0 Å². The van der Waals surface area contributed by atoms with Crippen molar-refractivity contribution >= 4 is 11.4 Å². The van der Waals surface area contributed by atoms with Gasteiger partial charge in [0.2, 0.25) is 11.5 Å². The van der Waals surface area contributed by atoms with Crippen LogP contribution in [0, 0.1) is 40.7 Å². The van der Waals surface area contributed by atoms with E-state index in [2.05, 4.69) is 9.47 Å². The van der Waals surface area contributed by atoms with Crippen LogP contribution < -0.4 is 20.9 Å². The highest BCUT2D eigenvalue weighted by molar-refractivity contribution is 5.57. The standard InChI is InChI=1S/C21H6F16N2O2/c22-4-1-3(40-17-11(25)7(20(32,33)34)9(23)15(38)13(17)27)2-5(6(4)19(29,30)31)41-18-12(26)8(21(35,36)37)10(24)16(39)14(18)28/h1-2H,38-39H2. The summed E-state index contributed by atoms with van der Waals surface area (Å²) in [6, 6.07) is -0.752. The summed E-state index contributed by atoms with van der Waals surface area (Å²) >= 11 is 0. The second-order valence-corrected chi connectivity index (χ2v) is 7.60. The smallest absolute Gasteiger partial charge is 0.422 e. The number of halogens is 16. The van der Waals surface area contributed by atoms with Crippen LogP contribution in [-0.2, 0) is 18.5 Å². The molecule has 0 aliphatic rings. The van der Waals surface area contributed by atoms with Crippen molar-refractivity contribution in [2.45, 2.75) is 18.5 Å². The molecule has 0 aliphatic carbocycles. The lowest BCUT2D eigenvalue weighted by atomic mass is 10.1. The lowest BCUT2D eigenvalue weighted by Crippen LogP contribution is -2.17. The van der Waals surface area contributed by atoms with E-state index in [9.17, 15) is 70.2 Å². The Morgan fingerprint density at radius 2 is 0.829 bits per heavy atom. The zero-order valence-electron chi connectivity index (χ0n) is 18.7. The molecule has 0 spiro atoms. The van der Waals surface area contributed by atoms with Gasteiger partial charge in [-0.05, 0) is 0 Å². The lowest BCUT2D eigenvalue weighted by Gasteiger charge is -2.20. The van der Waals surface area contributed by atoms with Crippen LogP contribution >= 0.6 is 0 Å². The summed E-state index contributed by atoms with van der Waals surface area (Å²) in [5, 5.41) is 0. The van der Waals surface area contributed by atoms with Gasteiger partial charge in [0.1, 0.15) is 45.4 Å². The molecular weight excluding hydrogens is 616 g/mol. The number of hydrogen-bond acceptors (Lipinski definition) is 4. The average molecular weight is 622 g/mol. The molecule has 0 aromatic heterocycles. The number of ether oxygens (including phenoxy) is 2. The summed E-state index contributed by atoms with van der Waals surface area (Å²) in [4.78, 5) is 0. The maximum Gasteiger partial charge on any atom is 0.422 e. The third-order valence-electron chi connectivity index (χ3n) is 4.93. The van der Waals surface area contributed by atoms with Crippen molar-refractivity contribution < 1.29 is 79.7 Å². The summed E-state index contributed by atoms with van der Waals surface area (Å²) in [6.45, 7) is 0. The van der Waals surface area contributed by atoms with Crippen LogP contribution in [0.5, 0.6) is 23.0 Å². The molecule has 0 radical (unpaired) electrons. The number of hydrogen-bond donors (Lipinski definition) is 2. The van der Waals surface area contributed by atoms with E-state index in [0.29, 0.717) is 0 Å². The van der Waals surface area contributed by atoms with E-state index < -0.39 is 116 Å². The molecule has 20 heteroatoms. The monoisotopic (exact) mass is 622 g/mol. The molecule has 3 aromatic carbocycles. The second-order valence-electron chi connectivity index (χ2n) is 7.60. The summed E-state index contributed by atoms with van der Waals surface area (Å²) < 4.78 is 227. The summed E-state index contributed by atoms with van der Waals surface area (Å²) in [6.07, 6.45) is -17.8. The Morgan fingerprint density at radius 1 is 0.463 bits per heavy atom. The van der Waals surface area contributed by atoms with Gasteiger partial charge in [-0.3, -0.25) is 0 Å². The fraction of sp³-hybridized carbons (Fsp3) is 0.143. The maximum absolute atomic E-state index is 14.5. The molecule has 0 amide bonds. The third-order valence-corrected chi connectivity index (χ3v) is 4.93. The van der Waals surface area contributed by atoms with Gasteiger partial charge < -0.3 is 20.9 Å². The molecule has 4 N–H and O–H groups in total. The Morgan fingerprint density at radius 3 is 1.20 bits per heavy atom. The molecule has 224 valence electrons. The van der Waals surface area contributed by atoms with Gasteiger partial charge in [-0.1, -0.05) is 0 Å². The van der Waals surface area contributed by atoms with Crippen molar-refractivity contribution in [2.75, 3.05) is 11.5 Å². The molecule has 0 fully saturated rings. The van der Waals surface area contributed by atoms with Crippen LogP contribution in [0.1, 0.15) is 16.7 Å². The molecule has 41 heavy (non-hydrogen) atoms. The number of nitrogen functional groups attached to an aromatic ring is 2. The Balaban J connectivity index is 2.30. The predicted molar refractivity (Wildman–Crippen MR) is 103 cm³/mol. The summed E-state index contributed by atoms with van der Waals surface area (Å²) in [5.41, 5.74) is -3.07. The Labute approximate surface area is 214 Å². The first-order valence-corrected chi connectivity index (χ1v) is 9.82. The molecule has 0 saturated heterocycles. The SMILES string of the molecule is Nc1c(F)c(Oc2cc(F)c(C(F)(F)F)c(Oc3c(F)c(N)c(F)c(C(F)(F)F)c3F)c2)c(F)c(C(F)(F)F)c1F. The number of nitrogens with two attached hydrogens (primary N) is 2. The third kappa shape index (κ3) is 5.53. The first-order chi connectivity index (χ1) is 18.5. The van der Waals surface area contributed by atoms with Gasteiger partial charge >= 0.3 is 18.5 Å². The van der Waals surface area contributed by atoms with Gasteiger partial charge in [-0.25, -0.2) is 30.7 Å². The second kappa shape index (κ2) is 9.98. The Kier molecular flexibility index (Phi) is 7.61. The first kappa shape index (κ1) is 31.3. The van der Waals surface area contributed by atoms with Crippen molar-refractivity contribution in [3.8, 4) is 23.0 Å². The van der Waals surface area contributed by atoms with E-state index in [0.717, 1.165) is 0 Å². The van der Waals surface area contributed by atoms with E-state index in [1.165, 1.54) is 0 Å². The molecular formula is C21H6F16N2O2. The molecule has 0 heterocycles. The van der Waals surface area contributed by atoms with E-state index in [1.54, 1.807) is 0 Å². The quantitative estimate of drug-likeness (QED) is 0.226. The fourth-order valence-corrected chi connectivity index (χ4v) is 3.20. The average Bonchev–Trinajstić information content (AvgIpc) is 2.79. The van der Waals surface area contributed by atoms with Crippen LogP contribution in [0.2, 0.25) is 0 Å². The fourth-order valence-electron chi connectivity index (χ4n) is 3.20. The van der Waals surface area contributed by atoms with Crippen molar-refractivity contribution in [2.24, 2.45) is 0 Å². The molecule has 0 aliphatic heterocycles. The number of anilines is 2. The zero-order chi connectivity index (χ0) is 31.6. The van der Waals surface area contributed by atoms with Gasteiger partial charge in [0, 0.05) is 12.1 Å². The molecule has 0 unspecified atom stereocenters. The minimum absolute atomic E-state index is 0.344. The van der Waals surface area contributed by atoms with Crippen molar-refractivity contribution in [3.63, 3.8) is 0 Å². The minimum Gasteiger partial charge on any atom is -0.451 e. The molecule has 0 atom stereocenters. The summed E-state index contributed by atoms with van der Waals surface area (Å²) in [7, 11) is 0. The van der Waals surface area contributed by atoms with Crippen LogP contribution in [0.15, 0.2) is 12.1 Å². The molecule has 3 rings (SSSR count). The van der Waals surface area contributed by atoms with Gasteiger partial charge in [0.25, 0.3) is 0 Å². The first-order valence-electron chi connectivity index (χ1n) is 9.82. The minimum atomic E-state index is -6.00. The van der Waals surface area contributed by atoms with Gasteiger partial charge in [-0.2, -0.15) is 39.5 Å². The molecule has 3 aromatic rings. The number of benzene rings is 3. The van der Waals surface area contributed by atoms with Crippen LogP contribution in [0.3, 0.4) is 0 Å². The zero-order valence-corrected chi connectivity index (χ0v) is 18.7. The highest BCUT2D eigenvalue weighted by Crippen LogP contribution is 2.48. The van der Waals surface area contributed by atoms with Crippen molar-refractivity contribution in [1.29, 1.82) is 0 Å². The van der Waals surface area contributed by atoms with E-state index >= 15 is 0 Å². The predicted octanol–water partition coefficient (Wildman–Crippen LogP) is 8.47.